The van der Waals surface area contributed by atoms with Crippen LogP contribution in [-0.4, -0.2) is 15.1 Å². The van der Waals surface area contributed by atoms with Gasteiger partial charge in [0.25, 0.3) is 9.04 Å². The van der Waals surface area contributed by atoms with Crippen LogP contribution in [-0.2, 0) is 4.43 Å². The summed E-state index contributed by atoms with van der Waals surface area (Å²) in [7, 11) is -1.22. The van der Waals surface area contributed by atoms with Gasteiger partial charge in [0.1, 0.15) is 0 Å². The van der Waals surface area contributed by atoms with E-state index in [4.69, 9.17) is 4.43 Å². The first kappa shape index (κ1) is 19.4. The lowest BCUT2D eigenvalue weighted by molar-refractivity contribution is 0.234. The summed E-state index contributed by atoms with van der Waals surface area (Å²) in [5.41, 5.74) is 0.211. The van der Waals surface area contributed by atoms with Crippen molar-refractivity contribution in [1.82, 2.24) is 0 Å². The number of halogens is 1. The third kappa shape index (κ3) is 6.53. The van der Waals surface area contributed by atoms with Gasteiger partial charge in [-0.15, -0.1) is 0 Å². The highest BCUT2D eigenvalue weighted by Crippen LogP contribution is 2.24. The number of hydrogen-bond donors (Lipinski definition) is 0. The van der Waals surface area contributed by atoms with Crippen molar-refractivity contribution in [2.75, 3.05) is 0 Å². The first-order valence-electron chi connectivity index (χ1n) is 8.37. The SMILES string of the molecule is CC(C/C(I)=C/C(C)(C)C)O[Si](c1ccccc1)c1ccccc1. The fourth-order valence-corrected chi connectivity index (χ4v) is 6.16. The summed E-state index contributed by atoms with van der Waals surface area (Å²) >= 11 is 2.45. The molecule has 0 aliphatic carbocycles. The molecule has 1 radical (unpaired) electrons. The second-order valence-electron chi connectivity index (χ2n) is 7.15. The second kappa shape index (κ2) is 8.97. The average molecular weight is 449 g/mol. The van der Waals surface area contributed by atoms with Gasteiger partial charge in [-0.05, 0) is 48.9 Å². The summed E-state index contributed by atoms with van der Waals surface area (Å²) in [4.78, 5) is 0. The Balaban J connectivity index is 2.16. The lowest BCUT2D eigenvalue weighted by atomic mass is 9.96. The van der Waals surface area contributed by atoms with Gasteiger partial charge in [-0.25, -0.2) is 0 Å². The Bertz CT molecular complexity index is 607. The van der Waals surface area contributed by atoms with Gasteiger partial charge in [-0.3, -0.25) is 0 Å². The standard InChI is InChI=1S/C21H26IOSi/c1-17(15-18(22)16-21(2,3)4)23-24(19-11-7-5-8-12-19)20-13-9-6-10-14-20/h5-14,16-17H,15H2,1-4H3/b18-16-. The quantitative estimate of drug-likeness (QED) is 0.448. The molecule has 0 spiro atoms. The molecular formula is C21H26IOSi. The van der Waals surface area contributed by atoms with Crippen molar-refractivity contribution in [3.05, 3.63) is 70.3 Å². The molecule has 0 fully saturated rings. The maximum absolute atomic E-state index is 6.56. The Morgan fingerprint density at radius 3 is 1.88 bits per heavy atom. The minimum Gasteiger partial charge on any atom is -0.404 e. The van der Waals surface area contributed by atoms with Crippen molar-refractivity contribution in [2.24, 2.45) is 5.41 Å². The van der Waals surface area contributed by atoms with Crippen LogP contribution in [0.2, 0.25) is 0 Å². The minimum absolute atomic E-state index is 0.199. The van der Waals surface area contributed by atoms with E-state index in [0.717, 1.165) is 6.42 Å². The van der Waals surface area contributed by atoms with E-state index in [1.54, 1.807) is 0 Å². The fraction of sp³-hybridized carbons (Fsp3) is 0.333. The summed E-state index contributed by atoms with van der Waals surface area (Å²) in [5.74, 6) is 0. The lowest BCUT2D eigenvalue weighted by Crippen LogP contribution is -2.46. The van der Waals surface area contributed by atoms with E-state index < -0.39 is 9.04 Å². The molecule has 0 bridgehead atoms. The van der Waals surface area contributed by atoms with Crippen LogP contribution in [0.3, 0.4) is 0 Å². The van der Waals surface area contributed by atoms with Gasteiger partial charge in [0.2, 0.25) is 0 Å². The molecule has 0 amide bonds. The molecule has 127 valence electrons. The molecule has 0 aliphatic heterocycles. The molecule has 1 nitrogen and oxygen atoms in total. The van der Waals surface area contributed by atoms with Crippen molar-refractivity contribution in [3.63, 3.8) is 0 Å². The van der Waals surface area contributed by atoms with Gasteiger partial charge in [0, 0.05) is 12.5 Å². The summed E-state index contributed by atoms with van der Waals surface area (Å²) in [5, 5.41) is 2.60. The zero-order valence-electron chi connectivity index (χ0n) is 14.9. The molecule has 0 saturated heterocycles. The zero-order valence-corrected chi connectivity index (χ0v) is 18.1. The van der Waals surface area contributed by atoms with Gasteiger partial charge in [-0.1, -0.05) is 87.5 Å². The highest BCUT2D eigenvalue weighted by atomic mass is 127. The maximum Gasteiger partial charge on any atom is 0.283 e. The van der Waals surface area contributed by atoms with E-state index in [2.05, 4.69) is 117 Å². The molecule has 2 aromatic rings. The molecule has 2 aromatic carbocycles. The van der Waals surface area contributed by atoms with Gasteiger partial charge in [-0.2, -0.15) is 0 Å². The van der Waals surface area contributed by atoms with E-state index in [1.165, 1.54) is 14.0 Å². The van der Waals surface area contributed by atoms with Gasteiger partial charge in [0.15, 0.2) is 0 Å². The van der Waals surface area contributed by atoms with E-state index in [9.17, 15) is 0 Å². The first-order chi connectivity index (χ1) is 11.3. The molecule has 3 heteroatoms. The van der Waals surface area contributed by atoms with E-state index in [1.807, 2.05) is 0 Å². The van der Waals surface area contributed by atoms with Gasteiger partial charge in [0.05, 0.1) is 0 Å². The van der Waals surface area contributed by atoms with E-state index in [0.29, 0.717) is 0 Å². The predicted octanol–water partition coefficient (Wildman–Crippen LogP) is 4.95. The number of benzene rings is 2. The van der Waals surface area contributed by atoms with Crippen molar-refractivity contribution in [2.45, 2.75) is 40.2 Å². The maximum atomic E-state index is 6.56. The largest absolute Gasteiger partial charge is 0.404 e. The molecule has 0 N–H and O–H groups in total. The lowest BCUT2D eigenvalue weighted by Gasteiger charge is -2.22. The normalized spacial score (nSPS) is 14.0. The first-order valence-corrected chi connectivity index (χ1v) is 10.9. The molecule has 1 unspecified atom stereocenters. The molecule has 1 atom stereocenters. The van der Waals surface area contributed by atoms with Crippen LogP contribution in [0.5, 0.6) is 0 Å². The van der Waals surface area contributed by atoms with Crippen LogP contribution in [0.25, 0.3) is 0 Å². The smallest absolute Gasteiger partial charge is 0.283 e. The summed E-state index contributed by atoms with van der Waals surface area (Å²) in [6, 6.07) is 21.3. The van der Waals surface area contributed by atoms with Crippen molar-refractivity contribution in [3.8, 4) is 0 Å². The van der Waals surface area contributed by atoms with Crippen LogP contribution < -0.4 is 10.4 Å². The molecule has 0 heterocycles. The van der Waals surface area contributed by atoms with Crippen LogP contribution >= 0.6 is 22.6 Å². The van der Waals surface area contributed by atoms with Crippen LogP contribution in [0.4, 0.5) is 0 Å². The average Bonchev–Trinajstić information content (AvgIpc) is 2.52. The Kier molecular flexibility index (Phi) is 7.26. The minimum atomic E-state index is -1.22. The Morgan fingerprint density at radius 1 is 1.00 bits per heavy atom. The monoisotopic (exact) mass is 449 g/mol. The Labute approximate surface area is 162 Å². The summed E-state index contributed by atoms with van der Waals surface area (Å²) in [6.45, 7) is 8.90. The predicted molar refractivity (Wildman–Crippen MR) is 115 cm³/mol. The molecule has 0 saturated carbocycles. The van der Waals surface area contributed by atoms with Crippen molar-refractivity contribution >= 4 is 42.0 Å². The molecule has 24 heavy (non-hydrogen) atoms. The van der Waals surface area contributed by atoms with Crippen molar-refractivity contribution in [1.29, 1.82) is 0 Å². The van der Waals surface area contributed by atoms with Crippen LogP contribution in [0, 0.1) is 5.41 Å². The van der Waals surface area contributed by atoms with Gasteiger partial charge < -0.3 is 4.43 Å². The van der Waals surface area contributed by atoms with Crippen LogP contribution in [0.1, 0.15) is 34.1 Å². The van der Waals surface area contributed by atoms with E-state index in [-0.39, 0.29) is 11.5 Å². The van der Waals surface area contributed by atoms with Crippen molar-refractivity contribution < 1.29 is 4.43 Å². The summed E-state index contributed by atoms with van der Waals surface area (Å²) in [6.07, 6.45) is 3.50. The zero-order chi connectivity index (χ0) is 17.6. The fourth-order valence-electron chi connectivity index (χ4n) is 2.53. The second-order valence-corrected chi connectivity index (χ2v) is 10.6. The molecule has 2 rings (SSSR count). The van der Waals surface area contributed by atoms with Crippen LogP contribution in [0.15, 0.2) is 70.3 Å². The van der Waals surface area contributed by atoms with Gasteiger partial charge >= 0.3 is 0 Å². The number of hydrogen-bond acceptors (Lipinski definition) is 1. The third-order valence-electron chi connectivity index (χ3n) is 3.46. The Hall–Kier alpha value is -0.913. The molecule has 0 aliphatic rings. The summed E-state index contributed by atoms with van der Waals surface area (Å²) < 4.78 is 7.93. The molecular weight excluding hydrogens is 423 g/mol. The highest BCUT2D eigenvalue weighted by molar-refractivity contribution is 14.1. The number of rotatable bonds is 6. The highest BCUT2D eigenvalue weighted by Gasteiger charge is 2.22. The topological polar surface area (TPSA) is 9.23 Å². The third-order valence-corrected chi connectivity index (χ3v) is 6.57. The molecule has 0 aromatic heterocycles. The Morgan fingerprint density at radius 2 is 1.46 bits per heavy atom. The van der Waals surface area contributed by atoms with E-state index >= 15 is 0 Å². The number of allylic oxidation sites excluding steroid dienone is 1.